The summed E-state index contributed by atoms with van der Waals surface area (Å²) < 4.78 is 5.07. The van der Waals surface area contributed by atoms with Crippen LogP contribution in [0.1, 0.15) is 39.5 Å². The highest BCUT2D eigenvalue weighted by Crippen LogP contribution is 2.45. The van der Waals surface area contributed by atoms with E-state index in [1.165, 1.54) is 6.92 Å². The number of carbonyl (C=O) groups excluding carboxylic acids is 2. The largest absolute Gasteiger partial charge is 0.465 e. The van der Waals surface area contributed by atoms with E-state index in [1.54, 1.807) is 13.0 Å². The van der Waals surface area contributed by atoms with E-state index < -0.39 is 5.41 Å². The minimum Gasteiger partial charge on any atom is -0.465 e. The second-order valence-electron chi connectivity index (χ2n) is 4.29. The maximum absolute atomic E-state index is 12.1. The van der Waals surface area contributed by atoms with Gasteiger partial charge in [0.15, 0.2) is 5.78 Å². The number of rotatable bonds is 5. The summed E-state index contributed by atoms with van der Waals surface area (Å²) >= 11 is 0. The molecule has 0 aromatic rings. The predicted molar refractivity (Wildman–Crippen MR) is 66.5 cm³/mol. The van der Waals surface area contributed by atoms with Gasteiger partial charge in [-0.25, -0.2) is 0 Å². The molecule has 17 heavy (non-hydrogen) atoms. The summed E-state index contributed by atoms with van der Waals surface area (Å²) in [4.78, 5) is 24.0. The Morgan fingerprint density at radius 3 is 2.76 bits per heavy atom. The Kier molecular flexibility index (Phi) is 4.67. The molecular formula is C14H20O3. The first-order valence-corrected chi connectivity index (χ1v) is 6.08. The number of carbonyl (C=O) groups is 2. The Morgan fingerprint density at radius 2 is 2.24 bits per heavy atom. The lowest BCUT2D eigenvalue weighted by Gasteiger charge is -2.25. The van der Waals surface area contributed by atoms with Gasteiger partial charge >= 0.3 is 5.97 Å². The van der Waals surface area contributed by atoms with Crippen LogP contribution in [0, 0.1) is 5.41 Å². The molecule has 0 aromatic heterocycles. The van der Waals surface area contributed by atoms with E-state index in [-0.39, 0.29) is 11.8 Å². The van der Waals surface area contributed by atoms with Gasteiger partial charge in [0.2, 0.25) is 0 Å². The highest BCUT2D eigenvalue weighted by Gasteiger charge is 2.50. The SMILES string of the molecule is C=CC/C=C1\CCCC1(C(C)=O)C(=O)OCC. The fraction of sp³-hybridized carbons (Fsp3) is 0.571. The molecule has 1 rings (SSSR count). The molecule has 0 radical (unpaired) electrons. The minimum atomic E-state index is -1.01. The Labute approximate surface area is 103 Å². The molecule has 1 aliphatic carbocycles. The molecule has 0 bridgehead atoms. The first kappa shape index (κ1) is 13.7. The molecule has 0 heterocycles. The van der Waals surface area contributed by atoms with Crippen molar-refractivity contribution in [1.29, 1.82) is 0 Å². The van der Waals surface area contributed by atoms with Crippen LogP contribution < -0.4 is 0 Å². The number of esters is 1. The van der Waals surface area contributed by atoms with Crippen molar-refractivity contribution in [3.05, 3.63) is 24.3 Å². The van der Waals surface area contributed by atoms with Gasteiger partial charge < -0.3 is 4.74 Å². The Balaban J connectivity index is 3.09. The highest BCUT2D eigenvalue weighted by molar-refractivity contribution is 6.06. The third-order valence-electron chi connectivity index (χ3n) is 3.30. The smallest absolute Gasteiger partial charge is 0.323 e. The van der Waals surface area contributed by atoms with Crippen molar-refractivity contribution in [2.75, 3.05) is 6.61 Å². The van der Waals surface area contributed by atoms with Crippen molar-refractivity contribution in [1.82, 2.24) is 0 Å². The third kappa shape index (κ3) is 2.48. The number of hydrogen-bond donors (Lipinski definition) is 0. The van der Waals surface area contributed by atoms with Gasteiger partial charge in [0.1, 0.15) is 5.41 Å². The van der Waals surface area contributed by atoms with Crippen LogP contribution in [0.3, 0.4) is 0 Å². The van der Waals surface area contributed by atoms with Crippen LogP contribution in [0.25, 0.3) is 0 Å². The van der Waals surface area contributed by atoms with Crippen LogP contribution in [0.5, 0.6) is 0 Å². The molecule has 0 saturated heterocycles. The predicted octanol–water partition coefficient (Wildman–Crippen LogP) is 2.81. The van der Waals surface area contributed by atoms with Crippen molar-refractivity contribution in [3.63, 3.8) is 0 Å². The maximum atomic E-state index is 12.1. The first-order valence-electron chi connectivity index (χ1n) is 6.08. The van der Waals surface area contributed by atoms with E-state index in [0.29, 0.717) is 19.4 Å². The summed E-state index contributed by atoms with van der Waals surface area (Å²) in [5.41, 5.74) is -0.109. The number of ketones is 1. The standard InChI is InChI=1S/C14H20O3/c1-4-6-8-12-9-7-10-14(12,11(3)15)13(16)17-5-2/h4,8H,1,5-7,9-10H2,2-3H3/b12-8+. The summed E-state index contributed by atoms with van der Waals surface area (Å²) in [6.45, 7) is 7.19. The van der Waals surface area contributed by atoms with Gasteiger partial charge in [-0.05, 0) is 45.1 Å². The van der Waals surface area contributed by atoms with Crippen LogP contribution in [0.15, 0.2) is 24.3 Å². The molecule has 1 saturated carbocycles. The number of allylic oxidation sites excluding steroid dienone is 2. The van der Waals surface area contributed by atoms with Crippen molar-refractivity contribution in [2.45, 2.75) is 39.5 Å². The molecule has 3 heteroatoms. The molecule has 1 fully saturated rings. The first-order chi connectivity index (χ1) is 8.09. The molecule has 3 nitrogen and oxygen atoms in total. The monoisotopic (exact) mass is 236 g/mol. The van der Waals surface area contributed by atoms with Crippen LogP contribution in [0.2, 0.25) is 0 Å². The summed E-state index contributed by atoms with van der Waals surface area (Å²) in [6.07, 6.45) is 6.63. The Morgan fingerprint density at radius 1 is 1.53 bits per heavy atom. The summed E-state index contributed by atoms with van der Waals surface area (Å²) in [5.74, 6) is -0.496. The van der Waals surface area contributed by atoms with E-state index in [1.807, 2.05) is 6.08 Å². The molecule has 0 aromatic carbocycles. The Hall–Kier alpha value is -1.38. The van der Waals surface area contributed by atoms with Crippen LogP contribution in [-0.2, 0) is 14.3 Å². The van der Waals surface area contributed by atoms with E-state index >= 15 is 0 Å². The van der Waals surface area contributed by atoms with Gasteiger partial charge in [-0.1, -0.05) is 12.2 Å². The van der Waals surface area contributed by atoms with Gasteiger partial charge in [0.05, 0.1) is 6.61 Å². The molecule has 1 atom stereocenters. The lowest BCUT2D eigenvalue weighted by Crippen LogP contribution is -2.38. The van der Waals surface area contributed by atoms with E-state index in [4.69, 9.17) is 4.74 Å². The normalized spacial score (nSPS) is 25.9. The summed E-state index contributed by atoms with van der Waals surface area (Å²) in [7, 11) is 0. The molecule has 1 aliphatic rings. The van der Waals surface area contributed by atoms with E-state index in [9.17, 15) is 9.59 Å². The topological polar surface area (TPSA) is 43.4 Å². The molecule has 0 aliphatic heterocycles. The lowest BCUT2D eigenvalue weighted by molar-refractivity contribution is -0.156. The average Bonchev–Trinajstić information content (AvgIpc) is 2.71. The molecule has 0 N–H and O–H groups in total. The zero-order chi connectivity index (χ0) is 12.9. The van der Waals surface area contributed by atoms with Crippen LogP contribution >= 0.6 is 0 Å². The second kappa shape index (κ2) is 5.80. The summed E-state index contributed by atoms with van der Waals surface area (Å²) in [6, 6.07) is 0. The van der Waals surface area contributed by atoms with Crippen LogP contribution in [0.4, 0.5) is 0 Å². The molecular weight excluding hydrogens is 216 g/mol. The minimum absolute atomic E-state index is 0.108. The van der Waals surface area contributed by atoms with Crippen molar-refractivity contribution in [3.8, 4) is 0 Å². The zero-order valence-electron chi connectivity index (χ0n) is 10.6. The van der Waals surface area contributed by atoms with Gasteiger partial charge in [-0.3, -0.25) is 9.59 Å². The van der Waals surface area contributed by atoms with E-state index in [0.717, 1.165) is 18.4 Å². The molecule has 0 spiro atoms. The molecule has 1 unspecified atom stereocenters. The van der Waals surface area contributed by atoms with Crippen molar-refractivity contribution >= 4 is 11.8 Å². The third-order valence-corrected chi connectivity index (χ3v) is 3.30. The van der Waals surface area contributed by atoms with Gasteiger partial charge in [-0.15, -0.1) is 6.58 Å². The number of hydrogen-bond acceptors (Lipinski definition) is 3. The maximum Gasteiger partial charge on any atom is 0.323 e. The average molecular weight is 236 g/mol. The van der Waals surface area contributed by atoms with Crippen LogP contribution in [-0.4, -0.2) is 18.4 Å². The fourth-order valence-electron chi connectivity index (χ4n) is 2.45. The van der Waals surface area contributed by atoms with Crippen molar-refractivity contribution < 1.29 is 14.3 Å². The molecule has 94 valence electrons. The van der Waals surface area contributed by atoms with E-state index in [2.05, 4.69) is 6.58 Å². The lowest BCUT2D eigenvalue weighted by atomic mass is 9.78. The van der Waals surface area contributed by atoms with Gasteiger partial charge in [0.25, 0.3) is 0 Å². The Bertz CT molecular complexity index is 354. The van der Waals surface area contributed by atoms with Gasteiger partial charge in [-0.2, -0.15) is 0 Å². The quantitative estimate of drug-likeness (QED) is 0.419. The number of Topliss-reactive ketones (excluding diaryl/α,β-unsaturated/α-hetero) is 1. The van der Waals surface area contributed by atoms with Crippen molar-refractivity contribution in [2.24, 2.45) is 5.41 Å². The second-order valence-corrected chi connectivity index (χ2v) is 4.29. The van der Waals surface area contributed by atoms with Gasteiger partial charge in [0, 0.05) is 0 Å². The zero-order valence-corrected chi connectivity index (χ0v) is 10.6. The fourth-order valence-corrected chi connectivity index (χ4v) is 2.45. The molecule has 0 amide bonds. The summed E-state index contributed by atoms with van der Waals surface area (Å²) in [5, 5.41) is 0. The number of ether oxygens (including phenoxy) is 1. The highest BCUT2D eigenvalue weighted by atomic mass is 16.5.